The van der Waals surface area contributed by atoms with Crippen molar-refractivity contribution in [3.05, 3.63) is 31.0 Å². The number of methoxy groups -OCH3 is 2. The molecule has 0 aliphatic rings. The lowest BCUT2D eigenvalue weighted by Crippen LogP contribution is -2.02. The van der Waals surface area contributed by atoms with E-state index in [9.17, 15) is 5.11 Å². The van der Waals surface area contributed by atoms with E-state index in [-0.39, 0.29) is 5.75 Å². The van der Waals surface area contributed by atoms with Gasteiger partial charge in [0.1, 0.15) is 5.15 Å². The second-order valence-corrected chi connectivity index (χ2v) is 6.33. The Labute approximate surface area is 148 Å². The Morgan fingerprint density at radius 1 is 1.33 bits per heavy atom. The van der Waals surface area contributed by atoms with E-state index in [0.717, 1.165) is 3.57 Å². The van der Waals surface area contributed by atoms with Gasteiger partial charge in [0.15, 0.2) is 17.3 Å². The number of benzene rings is 1. The van der Waals surface area contributed by atoms with Gasteiger partial charge in [-0.2, -0.15) is 0 Å². The van der Waals surface area contributed by atoms with Crippen LogP contribution in [0.2, 0.25) is 5.15 Å². The maximum atomic E-state index is 9.85. The highest BCUT2D eigenvalue weighted by Gasteiger charge is 2.15. The molecule has 0 radical (unpaired) electrons. The molecule has 1 aromatic carbocycles. The summed E-state index contributed by atoms with van der Waals surface area (Å²) in [6.07, 6.45) is 0. The van der Waals surface area contributed by atoms with Crippen LogP contribution in [-0.4, -0.2) is 29.3 Å². The van der Waals surface area contributed by atoms with Crippen LogP contribution in [0.1, 0.15) is 5.69 Å². The minimum Gasteiger partial charge on any atom is -0.503 e. The summed E-state index contributed by atoms with van der Waals surface area (Å²) in [5, 5.41) is 10.2. The highest BCUT2D eigenvalue weighted by molar-refractivity contribution is 14.1. The van der Waals surface area contributed by atoms with E-state index in [4.69, 9.17) is 21.1 Å². The molecule has 8 heteroatoms. The van der Waals surface area contributed by atoms with Crippen molar-refractivity contribution in [3.8, 4) is 22.9 Å². The first-order valence-corrected chi connectivity index (χ1v) is 8.00. The van der Waals surface area contributed by atoms with Crippen LogP contribution in [-0.2, 0) is 11.3 Å². The maximum Gasteiger partial charge on any atom is 0.172 e. The average Bonchev–Trinajstić information content (AvgIpc) is 2.46. The molecule has 0 spiro atoms. The molecule has 1 heterocycles. The lowest BCUT2D eigenvalue weighted by molar-refractivity contribution is 0.181. The molecule has 0 unspecified atom stereocenters. The SMILES string of the molecule is COCc1nc(-c2cc(Br)c(O)c(OC)c2)nc(Cl)c1I. The number of phenols is 1. The maximum absolute atomic E-state index is 9.85. The van der Waals surface area contributed by atoms with Crippen LogP contribution in [0.3, 0.4) is 0 Å². The van der Waals surface area contributed by atoms with Crippen molar-refractivity contribution >= 4 is 50.1 Å². The molecule has 0 aliphatic carbocycles. The number of ether oxygens (including phenoxy) is 2. The minimum absolute atomic E-state index is 0.0231. The third-order valence-electron chi connectivity index (χ3n) is 2.67. The molecule has 0 fully saturated rings. The fourth-order valence-corrected chi connectivity index (χ4v) is 2.71. The summed E-state index contributed by atoms with van der Waals surface area (Å²) in [6, 6.07) is 3.35. The lowest BCUT2D eigenvalue weighted by atomic mass is 10.2. The van der Waals surface area contributed by atoms with Gasteiger partial charge in [0, 0.05) is 12.7 Å². The highest BCUT2D eigenvalue weighted by atomic mass is 127. The Bertz CT molecular complexity index is 685. The van der Waals surface area contributed by atoms with Crippen LogP contribution >= 0.6 is 50.1 Å². The van der Waals surface area contributed by atoms with Gasteiger partial charge in [0.25, 0.3) is 0 Å². The minimum atomic E-state index is 0.0231. The molecule has 112 valence electrons. The summed E-state index contributed by atoms with van der Waals surface area (Å²) in [4.78, 5) is 8.72. The molecule has 21 heavy (non-hydrogen) atoms. The fraction of sp³-hybridized carbons (Fsp3) is 0.231. The van der Waals surface area contributed by atoms with E-state index in [1.165, 1.54) is 7.11 Å². The molecule has 0 saturated heterocycles. The third kappa shape index (κ3) is 3.58. The first-order chi connectivity index (χ1) is 9.97. The molecule has 0 saturated carbocycles. The predicted octanol–water partition coefficient (Wildman–Crippen LogP) is 4.02. The van der Waals surface area contributed by atoms with Gasteiger partial charge in [0.2, 0.25) is 0 Å². The Kier molecular flexibility index (Phi) is 5.64. The number of phenolic OH excluding ortho intramolecular Hbond substituents is 1. The molecule has 2 aromatic rings. The number of nitrogens with zero attached hydrogens (tertiary/aromatic N) is 2. The summed E-state index contributed by atoms with van der Waals surface area (Å²) in [5.74, 6) is 0.785. The molecule has 0 aliphatic heterocycles. The average molecular weight is 486 g/mol. The van der Waals surface area contributed by atoms with Crippen molar-refractivity contribution < 1.29 is 14.6 Å². The molecule has 0 amide bonds. The normalized spacial score (nSPS) is 10.7. The second-order valence-electron chi connectivity index (χ2n) is 4.04. The van der Waals surface area contributed by atoms with Gasteiger partial charge in [-0.3, -0.25) is 0 Å². The first kappa shape index (κ1) is 16.7. The topological polar surface area (TPSA) is 64.5 Å². The molecule has 2 rings (SSSR count). The zero-order chi connectivity index (χ0) is 15.6. The Morgan fingerprint density at radius 2 is 2.05 bits per heavy atom. The zero-order valence-electron chi connectivity index (χ0n) is 11.2. The number of hydrogen-bond acceptors (Lipinski definition) is 5. The van der Waals surface area contributed by atoms with Crippen molar-refractivity contribution in [2.45, 2.75) is 6.61 Å². The predicted molar refractivity (Wildman–Crippen MR) is 91.8 cm³/mol. The van der Waals surface area contributed by atoms with E-state index in [1.54, 1.807) is 19.2 Å². The van der Waals surface area contributed by atoms with Crippen molar-refractivity contribution in [2.24, 2.45) is 0 Å². The summed E-state index contributed by atoms with van der Waals surface area (Å²) in [7, 11) is 3.06. The quantitative estimate of drug-likeness (QED) is 0.524. The summed E-state index contributed by atoms with van der Waals surface area (Å²) >= 11 is 11.5. The monoisotopic (exact) mass is 484 g/mol. The summed E-state index contributed by atoms with van der Waals surface area (Å²) < 4.78 is 11.5. The zero-order valence-corrected chi connectivity index (χ0v) is 15.7. The van der Waals surface area contributed by atoms with Gasteiger partial charge in [-0.05, 0) is 50.7 Å². The van der Waals surface area contributed by atoms with Gasteiger partial charge >= 0.3 is 0 Å². The van der Waals surface area contributed by atoms with Crippen molar-refractivity contribution in [3.63, 3.8) is 0 Å². The molecule has 0 atom stereocenters. The van der Waals surface area contributed by atoms with Gasteiger partial charge in [0.05, 0.1) is 27.5 Å². The number of aromatic hydroxyl groups is 1. The van der Waals surface area contributed by atoms with E-state index in [2.05, 4.69) is 48.5 Å². The van der Waals surface area contributed by atoms with E-state index < -0.39 is 0 Å². The van der Waals surface area contributed by atoms with Crippen LogP contribution in [0.25, 0.3) is 11.4 Å². The smallest absolute Gasteiger partial charge is 0.172 e. The van der Waals surface area contributed by atoms with E-state index in [0.29, 0.717) is 39.1 Å². The Morgan fingerprint density at radius 3 is 2.67 bits per heavy atom. The Hall–Kier alpha value is -0.640. The number of halogens is 3. The third-order valence-corrected chi connectivity index (χ3v) is 5.00. The number of aromatic nitrogens is 2. The van der Waals surface area contributed by atoms with Crippen LogP contribution in [0.5, 0.6) is 11.5 Å². The highest BCUT2D eigenvalue weighted by Crippen LogP contribution is 2.38. The van der Waals surface area contributed by atoms with Crippen molar-refractivity contribution in [2.75, 3.05) is 14.2 Å². The second kappa shape index (κ2) is 7.08. The fourth-order valence-electron chi connectivity index (χ4n) is 1.68. The van der Waals surface area contributed by atoms with E-state index in [1.807, 2.05) is 0 Å². The number of rotatable bonds is 4. The summed E-state index contributed by atoms with van der Waals surface area (Å²) in [6.45, 7) is 0.337. The van der Waals surface area contributed by atoms with Crippen LogP contribution in [0, 0.1) is 3.57 Å². The van der Waals surface area contributed by atoms with Gasteiger partial charge in [-0.1, -0.05) is 11.6 Å². The van der Waals surface area contributed by atoms with Crippen LogP contribution in [0.15, 0.2) is 16.6 Å². The Balaban J connectivity index is 2.59. The van der Waals surface area contributed by atoms with Gasteiger partial charge in [-0.15, -0.1) is 0 Å². The molecule has 1 N–H and O–H groups in total. The summed E-state index contributed by atoms with van der Waals surface area (Å²) in [5.41, 5.74) is 1.38. The largest absolute Gasteiger partial charge is 0.503 e. The molecule has 5 nitrogen and oxygen atoms in total. The molecule has 0 bridgehead atoms. The van der Waals surface area contributed by atoms with Gasteiger partial charge < -0.3 is 14.6 Å². The van der Waals surface area contributed by atoms with Crippen LogP contribution < -0.4 is 4.74 Å². The standard InChI is InChI=1S/C13H11BrClIN2O3/c1-20-5-8-10(16)12(15)18-13(17-8)6-3-7(14)11(19)9(4-6)21-2/h3-4,19H,5H2,1-2H3. The lowest BCUT2D eigenvalue weighted by Gasteiger charge is -2.10. The first-order valence-electron chi connectivity index (χ1n) is 5.75. The molecular formula is C13H11BrClIN2O3. The number of hydrogen-bond donors (Lipinski definition) is 1. The molecular weight excluding hydrogens is 474 g/mol. The van der Waals surface area contributed by atoms with Gasteiger partial charge in [-0.25, -0.2) is 9.97 Å². The van der Waals surface area contributed by atoms with Crippen molar-refractivity contribution in [1.82, 2.24) is 9.97 Å². The van der Waals surface area contributed by atoms with E-state index >= 15 is 0 Å². The van der Waals surface area contributed by atoms with Crippen molar-refractivity contribution in [1.29, 1.82) is 0 Å². The molecule has 1 aromatic heterocycles. The van der Waals surface area contributed by atoms with Crippen LogP contribution in [0.4, 0.5) is 0 Å².